The molecule has 0 aliphatic rings. The third-order valence-corrected chi connectivity index (χ3v) is 3.52. The van der Waals surface area contributed by atoms with Crippen molar-refractivity contribution in [1.82, 2.24) is 10.6 Å². The Hall–Kier alpha value is -1.84. The number of aryl methyl sites for hydroxylation is 1. The van der Waals surface area contributed by atoms with E-state index >= 15 is 0 Å². The van der Waals surface area contributed by atoms with Gasteiger partial charge < -0.3 is 15.7 Å². The van der Waals surface area contributed by atoms with Gasteiger partial charge in [-0.1, -0.05) is 11.8 Å². The largest absolute Gasteiger partial charge is 0.395 e. The lowest BCUT2D eigenvalue weighted by atomic mass is 10.2. The number of carbonyl (C=O) groups excluding carboxylic acids is 2. The Kier molecular flexibility index (Phi) is 6.77. The van der Waals surface area contributed by atoms with Crippen LogP contribution < -0.4 is 10.6 Å². The van der Waals surface area contributed by atoms with E-state index in [1.807, 2.05) is 6.92 Å². The van der Waals surface area contributed by atoms with Gasteiger partial charge in [0, 0.05) is 26.4 Å². The number of amides is 2. The number of thiophene rings is 1. The summed E-state index contributed by atoms with van der Waals surface area (Å²) in [6.45, 7) is 4.17. The predicted octanol–water partition coefficient (Wildman–Crippen LogP) is 0.656. The number of rotatable bonds is 5. The lowest BCUT2D eigenvalue weighted by Gasteiger charge is -2.03. The summed E-state index contributed by atoms with van der Waals surface area (Å²) in [6.07, 6.45) is 0.426. The summed E-state index contributed by atoms with van der Waals surface area (Å²) >= 11 is 1.33. The normalized spacial score (nSPS) is 9.55. The van der Waals surface area contributed by atoms with Gasteiger partial charge in [-0.05, 0) is 18.6 Å². The minimum Gasteiger partial charge on any atom is -0.395 e. The topological polar surface area (TPSA) is 78.4 Å². The van der Waals surface area contributed by atoms with E-state index in [0.29, 0.717) is 24.4 Å². The Morgan fingerprint density at radius 1 is 1.35 bits per heavy atom. The first-order chi connectivity index (χ1) is 9.54. The molecule has 2 amide bonds. The zero-order chi connectivity index (χ0) is 15.0. The minimum atomic E-state index is -0.168. The van der Waals surface area contributed by atoms with E-state index in [2.05, 4.69) is 22.5 Å². The number of aliphatic hydroxyl groups is 1. The van der Waals surface area contributed by atoms with Crippen LogP contribution in [0.25, 0.3) is 0 Å². The molecule has 6 heteroatoms. The molecule has 108 valence electrons. The summed E-state index contributed by atoms with van der Waals surface area (Å²) in [6, 6.07) is 1.79. The maximum Gasteiger partial charge on any atom is 0.261 e. The number of nitrogens with one attached hydrogen (secondary N) is 2. The molecule has 1 aromatic rings. The van der Waals surface area contributed by atoms with E-state index in [1.165, 1.54) is 18.3 Å². The SMILES string of the molecule is CC(=O)NCCNC(=O)c1cc(C)c(C#CCCO)s1. The Morgan fingerprint density at radius 2 is 2.05 bits per heavy atom. The van der Waals surface area contributed by atoms with Crippen molar-refractivity contribution in [3.05, 3.63) is 21.4 Å². The third kappa shape index (κ3) is 5.43. The van der Waals surface area contributed by atoms with Crippen LogP contribution in [-0.4, -0.2) is 36.6 Å². The van der Waals surface area contributed by atoms with Gasteiger partial charge in [-0.25, -0.2) is 0 Å². The van der Waals surface area contributed by atoms with E-state index in [-0.39, 0.29) is 18.4 Å². The number of hydrogen-bond acceptors (Lipinski definition) is 4. The van der Waals surface area contributed by atoms with Gasteiger partial charge in [-0.2, -0.15) is 0 Å². The first-order valence-electron chi connectivity index (χ1n) is 6.27. The second-order valence-corrected chi connectivity index (χ2v) is 5.19. The van der Waals surface area contributed by atoms with E-state index in [0.717, 1.165) is 10.4 Å². The van der Waals surface area contributed by atoms with Crippen LogP contribution in [0, 0.1) is 18.8 Å². The van der Waals surface area contributed by atoms with Crippen molar-refractivity contribution in [3.63, 3.8) is 0 Å². The summed E-state index contributed by atoms with van der Waals surface area (Å²) < 4.78 is 0. The zero-order valence-electron chi connectivity index (χ0n) is 11.6. The molecule has 0 unspecified atom stereocenters. The van der Waals surface area contributed by atoms with Crippen LogP contribution in [0.5, 0.6) is 0 Å². The number of hydrogen-bond donors (Lipinski definition) is 3. The summed E-state index contributed by atoms with van der Waals surface area (Å²) in [5.41, 5.74) is 0.951. The molecular weight excluding hydrogens is 276 g/mol. The standard InChI is InChI=1S/C14H18N2O3S/c1-10-9-13(20-12(10)5-3-4-8-17)14(19)16-7-6-15-11(2)18/h9,17H,4,6-8H2,1-2H3,(H,15,18)(H,16,19). The highest BCUT2D eigenvalue weighted by Crippen LogP contribution is 2.20. The van der Waals surface area contributed by atoms with Crippen molar-refractivity contribution in [2.24, 2.45) is 0 Å². The lowest BCUT2D eigenvalue weighted by Crippen LogP contribution is -2.33. The zero-order valence-corrected chi connectivity index (χ0v) is 12.4. The van der Waals surface area contributed by atoms with E-state index in [1.54, 1.807) is 6.07 Å². The molecule has 1 aromatic heterocycles. The van der Waals surface area contributed by atoms with E-state index < -0.39 is 0 Å². The molecule has 1 rings (SSSR count). The highest BCUT2D eigenvalue weighted by molar-refractivity contribution is 7.14. The predicted molar refractivity (Wildman–Crippen MR) is 78.7 cm³/mol. The van der Waals surface area contributed by atoms with E-state index in [4.69, 9.17) is 5.11 Å². The van der Waals surface area contributed by atoms with Gasteiger partial charge in [-0.3, -0.25) is 9.59 Å². The number of aliphatic hydroxyl groups excluding tert-OH is 1. The molecule has 1 heterocycles. The second kappa shape index (κ2) is 8.35. The van der Waals surface area contributed by atoms with Crippen LogP contribution in [0.4, 0.5) is 0 Å². The molecule has 0 fully saturated rings. The van der Waals surface area contributed by atoms with Crippen molar-refractivity contribution in [2.45, 2.75) is 20.3 Å². The average molecular weight is 294 g/mol. The third-order valence-electron chi connectivity index (χ3n) is 2.36. The van der Waals surface area contributed by atoms with Crippen LogP contribution in [0.3, 0.4) is 0 Å². The molecule has 0 spiro atoms. The summed E-state index contributed by atoms with van der Waals surface area (Å²) in [5, 5.41) is 14.0. The Bertz CT molecular complexity index is 540. The van der Waals surface area contributed by atoms with Crippen molar-refractivity contribution in [1.29, 1.82) is 0 Å². The molecule has 0 aliphatic carbocycles. The molecular formula is C14H18N2O3S. The Labute approximate surface area is 122 Å². The first kappa shape index (κ1) is 16.2. The monoisotopic (exact) mass is 294 g/mol. The summed E-state index contributed by atoms with van der Waals surface area (Å²) in [5.74, 6) is 5.50. The van der Waals surface area contributed by atoms with Gasteiger partial charge >= 0.3 is 0 Å². The van der Waals surface area contributed by atoms with Crippen LogP contribution in [0.2, 0.25) is 0 Å². The fourth-order valence-corrected chi connectivity index (χ4v) is 2.38. The van der Waals surface area contributed by atoms with Gasteiger partial charge in [0.1, 0.15) is 0 Å². The summed E-state index contributed by atoms with van der Waals surface area (Å²) in [7, 11) is 0. The van der Waals surface area contributed by atoms with Crippen molar-refractivity contribution in [2.75, 3.05) is 19.7 Å². The molecule has 0 saturated carbocycles. The highest BCUT2D eigenvalue weighted by Gasteiger charge is 2.10. The second-order valence-electron chi connectivity index (χ2n) is 4.14. The Morgan fingerprint density at radius 3 is 2.70 bits per heavy atom. The van der Waals surface area contributed by atoms with Gasteiger partial charge in [0.15, 0.2) is 0 Å². The maximum atomic E-state index is 11.9. The molecule has 0 aromatic carbocycles. The molecule has 0 radical (unpaired) electrons. The maximum absolute atomic E-state index is 11.9. The quantitative estimate of drug-likeness (QED) is 0.551. The average Bonchev–Trinajstić information content (AvgIpc) is 2.76. The van der Waals surface area contributed by atoms with Gasteiger partial charge in [0.2, 0.25) is 5.91 Å². The van der Waals surface area contributed by atoms with Gasteiger partial charge in [0.25, 0.3) is 5.91 Å². The van der Waals surface area contributed by atoms with Crippen LogP contribution in [-0.2, 0) is 4.79 Å². The van der Waals surface area contributed by atoms with Gasteiger partial charge in [-0.15, -0.1) is 11.3 Å². The fraction of sp³-hybridized carbons (Fsp3) is 0.429. The van der Waals surface area contributed by atoms with Crippen molar-refractivity contribution >= 4 is 23.2 Å². The minimum absolute atomic E-state index is 0.0356. The molecule has 0 aliphatic heterocycles. The van der Waals surface area contributed by atoms with Gasteiger partial charge in [0.05, 0.1) is 16.4 Å². The highest BCUT2D eigenvalue weighted by atomic mass is 32.1. The molecule has 0 bridgehead atoms. The molecule has 3 N–H and O–H groups in total. The van der Waals surface area contributed by atoms with Crippen LogP contribution in [0.1, 0.15) is 33.5 Å². The molecule has 0 saturated heterocycles. The van der Waals surface area contributed by atoms with Crippen LogP contribution >= 0.6 is 11.3 Å². The van der Waals surface area contributed by atoms with E-state index in [9.17, 15) is 9.59 Å². The fourth-order valence-electron chi connectivity index (χ4n) is 1.42. The van der Waals surface area contributed by atoms with Crippen LogP contribution in [0.15, 0.2) is 6.07 Å². The smallest absolute Gasteiger partial charge is 0.261 e. The summed E-state index contributed by atoms with van der Waals surface area (Å²) in [4.78, 5) is 24.0. The molecule has 5 nitrogen and oxygen atoms in total. The molecule has 0 atom stereocenters. The first-order valence-corrected chi connectivity index (χ1v) is 7.09. The number of carbonyl (C=O) groups is 2. The van der Waals surface area contributed by atoms with Crippen molar-refractivity contribution < 1.29 is 14.7 Å². The lowest BCUT2D eigenvalue weighted by molar-refractivity contribution is -0.118. The Balaban J connectivity index is 2.55. The molecule has 20 heavy (non-hydrogen) atoms. The van der Waals surface area contributed by atoms with Crippen molar-refractivity contribution in [3.8, 4) is 11.8 Å².